The van der Waals surface area contributed by atoms with E-state index in [0.29, 0.717) is 18.3 Å². The molecule has 1 aliphatic carbocycles. The first-order chi connectivity index (χ1) is 14.3. The van der Waals surface area contributed by atoms with E-state index in [1.807, 2.05) is 26.0 Å². The number of rotatable bonds is 7. The summed E-state index contributed by atoms with van der Waals surface area (Å²) >= 11 is 0. The lowest BCUT2D eigenvalue weighted by molar-refractivity contribution is 0.403. The summed E-state index contributed by atoms with van der Waals surface area (Å²) in [4.78, 5) is 0. The standard InChI is InChI=1S/C28H40FN/c1-10-19-16-24(29)18(9)26-25(15-6)30-28(20(11-2)17(7)8)23(14-5)27(26)22(13-4)21(19)12-3/h10,13-14,17,20,27,30H,4-5,11-12,15-16H2,1-3,6-9H3/b19-10-,22-21+,24-18+. The molecule has 0 aromatic heterocycles. The monoisotopic (exact) mass is 409 g/mol. The zero-order valence-corrected chi connectivity index (χ0v) is 20.1. The molecule has 164 valence electrons. The maximum Gasteiger partial charge on any atom is 0.108 e. The predicted molar refractivity (Wildman–Crippen MR) is 129 cm³/mol. The van der Waals surface area contributed by atoms with Crippen molar-refractivity contribution >= 4 is 0 Å². The molecule has 0 spiro atoms. The van der Waals surface area contributed by atoms with Gasteiger partial charge in [0.1, 0.15) is 5.83 Å². The van der Waals surface area contributed by atoms with Gasteiger partial charge in [-0.1, -0.05) is 66.0 Å². The van der Waals surface area contributed by atoms with Gasteiger partial charge < -0.3 is 5.32 Å². The maximum absolute atomic E-state index is 15.4. The Morgan fingerprint density at radius 3 is 2.17 bits per heavy atom. The minimum Gasteiger partial charge on any atom is -0.362 e. The SMILES string of the molecule is C=CC1=C(C(CC)C(C)C)NC(CC)=C2/C(C)=C(/F)CC(=C/C)/C(CC)=C(\C=C)C12. The van der Waals surface area contributed by atoms with Gasteiger partial charge in [-0.15, -0.1) is 0 Å². The summed E-state index contributed by atoms with van der Waals surface area (Å²) < 4.78 is 15.4. The summed E-state index contributed by atoms with van der Waals surface area (Å²) in [6.45, 7) is 23.5. The molecular weight excluding hydrogens is 369 g/mol. The minimum absolute atomic E-state index is 0.0325. The zero-order valence-electron chi connectivity index (χ0n) is 20.1. The molecule has 0 saturated carbocycles. The van der Waals surface area contributed by atoms with Crippen molar-refractivity contribution in [1.29, 1.82) is 0 Å². The number of fused-ring (bicyclic) bond motifs is 1. The van der Waals surface area contributed by atoms with Crippen molar-refractivity contribution in [3.8, 4) is 0 Å². The Morgan fingerprint density at radius 2 is 1.73 bits per heavy atom. The van der Waals surface area contributed by atoms with Crippen molar-refractivity contribution in [2.75, 3.05) is 0 Å². The summed E-state index contributed by atoms with van der Waals surface area (Å²) in [6.07, 6.45) is 9.14. The van der Waals surface area contributed by atoms with Gasteiger partial charge in [0.2, 0.25) is 0 Å². The summed E-state index contributed by atoms with van der Waals surface area (Å²) in [5.41, 5.74) is 8.87. The highest BCUT2D eigenvalue weighted by atomic mass is 19.1. The smallest absolute Gasteiger partial charge is 0.108 e. The number of hydrogen-bond acceptors (Lipinski definition) is 1. The van der Waals surface area contributed by atoms with Crippen LogP contribution in [-0.4, -0.2) is 0 Å². The Hall–Kier alpha value is -2.09. The molecular formula is C28H40FN. The second kappa shape index (κ2) is 10.3. The molecule has 0 radical (unpaired) electrons. The lowest BCUT2D eigenvalue weighted by Crippen LogP contribution is -2.34. The first kappa shape index (κ1) is 24.2. The number of nitrogens with one attached hydrogen (secondary N) is 1. The lowest BCUT2D eigenvalue weighted by atomic mass is 9.70. The average Bonchev–Trinajstić information content (AvgIpc) is 2.73. The van der Waals surface area contributed by atoms with E-state index in [0.717, 1.165) is 41.7 Å². The van der Waals surface area contributed by atoms with Crippen molar-refractivity contribution in [1.82, 2.24) is 5.32 Å². The van der Waals surface area contributed by atoms with E-state index in [-0.39, 0.29) is 11.7 Å². The predicted octanol–water partition coefficient (Wildman–Crippen LogP) is 8.48. The van der Waals surface area contributed by atoms with Gasteiger partial charge in [-0.3, -0.25) is 0 Å². The third-order valence-corrected chi connectivity index (χ3v) is 6.84. The number of halogens is 1. The Labute approximate surface area is 183 Å². The van der Waals surface area contributed by atoms with Crippen LogP contribution in [-0.2, 0) is 0 Å². The second-order valence-corrected chi connectivity index (χ2v) is 8.65. The molecule has 1 nitrogen and oxygen atoms in total. The van der Waals surface area contributed by atoms with Crippen LogP contribution < -0.4 is 5.32 Å². The van der Waals surface area contributed by atoms with Crippen LogP contribution in [0.5, 0.6) is 0 Å². The Kier molecular flexibility index (Phi) is 8.29. The average molecular weight is 410 g/mol. The minimum atomic E-state index is -0.0346. The molecule has 1 aliphatic heterocycles. The first-order valence-electron chi connectivity index (χ1n) is 11.5. The molecule has 2 atom stereocenters. The normalized spacial score (nSPS) is 27.6. The molecule has 0 amide bonds. The van der Waals surface area contributed by atoms with Crippen LogP contribution >= 0.6 is 0 Å². The molecule has 30 heavy (non-hydrogen) atoms. The molecule has 0 aromatic carbocycles. The topological polar surface area (TPSA) is 12.0 Å². The molecule has 0 bridgehead atoms. The zero-order chi connectivity index (χ0) is 22.6. The molecule has 1 N–H and O–H groups in total. The fourth-order valence-corrected chi connectivity index (χ4v) is 5.24. The Bertz CT molecular complexity index is 857. The molecule has 0 saturated heterocycles. The summed E-state index contributed by atoms with van der Waals surface area (Å²) in [7, 11) is 0. The Morgan fingerprint density at radius 1 is 1.10 bits per heavy atom. The van der Waals surface area contributed by atoms with Crippen LogP contribution in [0.4, 0.5) is 4.39 Å². The highest BCUT2D eigenvalue weighted by Crippen LogP contribution is 2.48. The van der Waals surface area contributed by atoms with Crippen molar-refractivity contribution in [2.45, 2.75) is 74.1 Å². The van der Waals surface area contributed by atoms with Gasteiger partial charge in [-0.2, -0.15) is 0 Å². The van der Waals surface area contributed by atoms with Crippen LogP contribution in [0.1, 0.15) is 74.1 Å². The van der Waals surface area contributed by atoms with Gasteiger partial charge in [-0.25, -0.2) is 4.39 Å². The first-order valence-corrected chi connectivity index (χ1v) is 11.5. The van der Waals surface area contributed by atoms with Crippen molar-refractivity contribution in [2.24, 2.45) is 17.8 Å². The third kappa shape index (κ3) is 4.19. The third-order valence-electron chi connectivity index (χ3n) is 6.84. The Balaban J connectivity index is 3.00. The highest BCUT2D eigenvalue weighted by molar-refractivity contribution is 5.60. The van der Waals surface area contributed by atoms with Crippen LogP contribution in [0, 0.1) is 17.8 Å². The van der Waals surface area contributed by atoms with Gasteiger partial charge in [0.15, 0.2) is 0 Å². The number of hydrogen-bond donors (Lipinski definition) is 1. The van der Waals surface area contributed by atoms with Gasteiger partial charge >= 0.3 is 0 Å². The molecule has 2 unspecified atom stereocenters. The quantitative estimate of drug-likeness (QED) is 0.444. The van der Waals surface area contributed by atoms with Crippen molar-refractivity contribution in [3.63, 3.8) is 0 Å². The van der Waals surface area contributed by atoms with E-state index < -0.39 is 0 Å². The van der Waals surface area contributed by atoms with Gasteiger partial charge in [-0.05, 0) is 72.5 Å². The summed E-state index contributed by atoms with van der Waals surface area (Å²) in [5, 5.41) is 3.75. The lowest BCUT2D eigenvalue weighted by Gasteiger charge is -2.39. The fraction of sp³-hybridized carbons (Fsp3) is 0.500. The second-order valence-electron chi connectivity index (χ2n) is 8.65. The van der Waals surface area contributed by atoms with Crippen LogP contribution in [0.3, 0.4) is 0 Å². The van der Waals surface area contributed by atoms with E-state index in [4.69, 9.17) is 0 Å². The largest absolute Gasteiger partial charge is 0.362 e. The molecule has 2 rings (SSSR count). The van der Waals surface area contributed by atoms with Gasteiger partial charge in [0.05, 0.1) is 0 Å². The van der Waals surface area contributed by atoms with Crippen LogP contribution in [0.25, 0.3) is 0 Å². The molecule has 0 aromatic rings. The summed E-state index contributed by atoms with van der Waals surface area (Å²) in [5.74, 6) is 0.836. The maximum atomic E-state index is 15.4. The van der Waals surface area contributed by atoms with E-state index in [2.05, 4.69) is 59.2 Å². The van der Waals surface area contributed by atoms with Crippen molar-refractivity contribution < 1.29 is 4.39 Å². The van der Waals surface area contributed by atoms with E-state index in [9.17, 15) is 0 Å². The van der Waals surface area contributed by atoms with E-state index >= 15 is 4.39 Å². The fourth-order valence-electron chi connectivity index (χ4n) is 5.24. The van der Waals surface area contributed by atoms with Crippen LogP contribution in [0.15, 0.2) is 82.0 Å². The molecule has 1 heterocycles. The molecule has 2 aliphatic rings. The van der Waals surface area contributed by atoms with E-state index in [1.54, 1.807) is 0 Å². The molecule has 2 heteroatoms. The van der Waals surface area contributed by atoms with Crippen molar-refractivity contribution in [3.05, 3.63) is 82.0 Å². The van der Waals surface area contributed by atoms with Gasteiger partial charge in [0, 0.05) is 29.7 Å². The number of dihydropyridines is 1. The highest BCUT2D eigenvalue weighted by Gasteiger charge is 2.36. The van der Waals surface area contributed by atoms with Gasteiger partial charge in [0.25, 0.3) is 0 Å². The summed E-state index contributed by atoms with van der Waals surface area (Å²) in [6, 6.07) is 0. The molecule has 0 fully saturated rings. The number of allylic oxidation sites excluding steroid dienone is 12. The van der Waals surface area contributed by atoms with E-state index in [1.165, 1.54) is 22.4 Å². The van der Waals surface area contributed by atoms with Crippen LogP contribution in [0.2, 0.25) is 0 Å².